The van der Waals surface area contributed by atoms with Crippen molar-refractivity contribution in [3.8, 4) is 0 Å². The third-order valence-electron chi connectivity index (χ3n) is 2.03. The maximum atomic E-state index is 10.9. The first-order valence-electron chi connectivity index (χ1n) is 4.01. The van der Waals surface area contributed by atoms with Gasteiger partial charge in [-0.25, -0.2) is 0 Å². The van der Waals surface area contributed by atoms with Gasteiger partial charge in [0.25, 0.3) is 0 Å². The molecule has 2 N–H and O–H groups in total. The fourth-order valence-corrected chi connectivity index (χ4v) is 1.18. The summed E-state index contributed by atoms with van der Waals surface area (Å²) in [6.07, 6.45) is 6.03. The summed E-state index contributed by atoms with van der Waals surface area (Å²) in [5, 5.41) is 22.0. The van der Waals surface area contributed by atoms with E-state index in [-0.39, 0.29) is 16.2 Å². The minimum absolute atomic E-state index is 0.0203. The van der Waals surface area contributed by atoms with Crippen molar-refractivity contribution in [1.29, 1.82) is 0 Å². The molecule has 1 rings (SSSR count). The molecule has 0 saturated carbocycles. The molecule has 0 aromatic heterocycles. The van der Waals surface area contributed by atoms with Crippen LogP contribution >= 0.6 is 0 Å². The van der Waals surface area contributed by atoms with Crippen molar-refractivity contribution in [2.24, 2.45) is 0 Å². The second kappa shape index (κ2) is 3.82. The maximum absolute atomic E-state index is 10.9. The fraction of sp³-hybridized carbons (Fsp3) is 0.500. The van der Waals surface area contributed by atoms with Gasteiger partial charge in [0.2, 0.25) is 0 Å². The molecule has 0 radical (unpaired) electrons. The van der Waals surface area contributed by atoms with E-state index in [1.54, 1.807) is 19.2 Å². The second-order valence-corrected chi connectivity index (χ2v) is 3.03. The van der Waals surface area contributed by atoms with Crippen LogP contribution in [0.15, 0.2) is 23.9 Å². The first-order valence-corrected chi connectivity index (χ1v) is 4.01. The Bertz CT molecular complexity index is 209. The Balaban J connectivity index is 2.55. The highest BCUT2D eigenvalue weighted by Gasteiger charge is 2.13. The van der Waals surface area contributed by atoms with E-state index < -0.39 is 0 Å². The topological polar surface area (TPSA) is 55.0 Å². The average Bonchev–Trinajstić information content (AvgIpc) is 2.04. The zero-order valence-electron chi connectivity index (χ0n) is 7.33. The molecule has 68 valence electrons. The molecule has 0 saturated heterocycles. The molecule has 3 unspecified atom stereocenters. The Kier molecular flexibility index (Phi) is 2.99. The molecule has 0 aromatic carbocycles. The second-order valence-electron chi connectivity index (χ2n) is 3.03. The van der Waals surface area contributed by atoms with E-state index >= 15 is 0 Å². The van der Waals surface area contributed by atoms with Crippen molar-refractivity contribution < 1.29 is 10.1 Å². The number of quaternary nitrogens is 2. The molecule has 0 amide bonds. The van der Waals surface area contributed by atoms with Gasteiger partial charge in [0.15, 0.2) is 0 Å². The summed E-state index contributed by atoms with van der Waals surface area (Å²) in [6.45, 7) is 0. The van der Waals surface area contributed by atoms with Crippen molar-refractivity contribution in [2.75, 3.05) is 14.1 Å². The summed E-state index contributed by atoms with van der Waals surface area (Å²) in [5.41, 5.74) is 0.715. The Morgan fingerprint density at radius 1 is 1.42 bits per heavy atom. The van der Waals surface area contributed by atoms with E-state index in [2.05, 4.69) is 0 Å². The van der Waals surface area contributed by atoms with Gasteiger partial charge in [0.05, 0.1) is 14.1 Å². The molecular weight excluding hydrogens is 156 g/mol. The van der Waals surface area contributed by atoms with Crippen LogP contribution in [-0.4, -0.2) is 20.1 Å². The van der Waals surface area contributed by atoms with E-state index in [0.29, 0.717) is 12.1 Å². The molecule has 0 spiro atoms. The molecule has 1 aliphatic rings. The standard InChI is InChI=1S/C8H14N2O2/c1-9(11)7-3-5-8(6-4-7)10(2)12/h3-5,8-10H,6H2,1-2H3. The number of likely N-dealkylation sites (N-methyl/N-ethyl adjacent to an activating group) is 2. The van der Waals surface area contributed by atoms with Crippen molar-refractivity contribution in [1.82, 2.24) is 0 Å². The molecule has 0 fully saturated rings. The van der Waals surface area contributed by atoms with Gasteiger partial charge >= 0.3 is 0 Å². The number of nitrogens with one attached hydrogen (secondary N) is 2. The first-order chi connectivity index (χ1) is 5.61. The molecule has 4 nitrogen and oxygen atoms in total. The van der Waals surface area contributed by atoms with Crippen LogP contribution in [0.4, 0.5) is 0 Å². The molecule has 1 aliphatic carbocycles. The fourth-order valence-electron chi connectivity index (χ4n) is 1.18. The SMILES string of the molecule is C[NH+]([O-])C1=CCC([NH+](C)[O-])C=C1. The van der Waals surface area contributed by atoms with E-state index in [4.69, 9.17) is 0 Å². The van der Waals surface area contributed by atoms with Gasteiger partial charge in [0, 0.05) is 12.5 Å². The van der Waals surface area contributed by atoms with Crippen LogP contribution in [0.1, 0.15) is 6.42 Å². The van der Waals surface area contributed by atoms with Crippen LogP contribution < -0.4 is 10.1 Å². The van der Waals surface area contributed by atoms with E-state index in [9.17, 15) is 10.4 Å². The van der Waals surface area contributed by atoms with Gasteiger partial charge < -0.3 is 20.5 Å². The lowest BCUT2D eigenvalue weighted by molar-refractivity contribution is -0.846. The quantitative estimate of drug-likeness (QED) is 0.482. The summed E-state index contributed by atoms with van der Waals surface area (Å²) >= 11 is 0. The minimum atomic E-state index is -0.0203. The van der Waals surface area contributed by atoms with E-state index in [0.717, 1.165) is 0 Å². The van der Waals surface area contributed by atoms with Gasteiger partial charge in [-0.1, -0.05) is 0 Å². The van der Waals surface area contributed by atoms with Crippen molar-refractivity contribution >= 4 is 0 Å². The van der Waals surface area contributed by atoms with Gasteiger partial charge in [-0.3, -0.25) is 0 Å². The van der Waals surface area contributed by atoms with Crippen LogP contribution in [0.2, 0.25) is 0 Å². The highest BCUT2D eigenvalue weighted by Crippen LogP contribution is 2.02. The summed E-state index contributed by atoms with van der Waals surface area (Å²) in [4.78, 5) is 0. The maximum Gasteiger partial charge on any atom is 0.127 e. The lowest BCUT2D eigenvalue weighted by Crippen LogP contribution is -3.08. The Morgan fingerprint density at radius 3 is 2.42 bits per heavy atom. The number of hydroxylamine groups is 4. The van der Waals surface area contributed by atoms with Gasteiger partial charge in [0.1, 0.15) is 11.7 Å². The molecule has 12 heavy (non-hydrogen) atoms. The predicted molar refractivity (Wildman–Crippen MR) is 46.1 cm³/mol. The normalized spacial score (nSPS) is 28.0. The Hall–Kier alpha value is -0.680. The lowest BCUT2D eigenvalue weighted by Gasteiger charge is -2.27. The molecular formula is C8H14N2O2. The van der Waals surface area contributed by atoms with Gasteiger partial charge in [-0.05, 0) is 12.2 Å². The number of hydrogen-bond acceptors (Lipinski definition) is 2. The predicted octanol–water partition coefficient (Wildman–Crippen LogP) is -1.78. The lowest BCUT2D eigenvalue weighted by atomic mass is 10.1. The third-order valence-corrected chi connectivity index (χ3v) is 2.03. The summed E-state index contributed by atoms with van der Waals surface area (Å²) < 4.78 is 0. The van der Waals surface area contributed by atoms with Crippen molar-refractivity contribution in [2.45, 2.75) is 12.5 Å². The van der Waals surface area contributed by atoms with Crippen LogP contribution in [0, 0.1) is 10.4 Å². The zero-order valence-corrected chi connectivity index (χ0v) is 7.33. The largest absolute Gasteiger partial charge is 0.634 e. The third kappa shape index (κ3) is 2.15. The van der Waals surface area contributed by atoms with E-state index in [1.165, 1.54) is 7.05 Å². The molecule has 0 heterocycles. The molecule has 0 aliphatic heterocycles. The summed E-state index contributed by atoms with van der Waals surface area (Å²) in [7, 11) is 3.10. The highest BCUT2D eigenvalue weighted by atomic mass is 16.5. The molecule has 0 aromatic rings. The van der Waals surface area contributed by atoms with Crippen LogP contribution in [0.3, 0.4) is 0 Å². The molecule has 4 heteroatoms. The van der Waals surface area contributed by atoms with E-state index in [1.807, 2.05) is 6.08 Å². The van der Waals surface area contributed by atoms with Gasteiger partial charge in [-0.15, -0.1) is 0 Å². The number of allylic oxidation sites excluding steroid dienone is 1. The Labute approximate surface area is 71.9 Å². The van der Waals surface area contributed by atoms with Crippen molar-refractivity contribution in [3.63, 3.8) is 0 Å². The first kappa shape index (κ1) is 9.41. The summed E-state index contributed by atoms with van der Waals surface area (Å²) in [6, 6.07) is -0.0203. The monoisotopic (exact) mass is 170 g/mol. The summed E-state index contributed by atoms with van der Waals surface area (Å²) in [5.74, 6) is 0. The number of hydrogen-bond donors (Lipinski definition) is 2. The number of rotatable bonds is 2. The van der Waals surface area contributed by atoms with Gasteiger partial charge in [-0.2, -0.15) is 0 Å². The van der Waals surface area contributed by atoms with Crippen LogP contribution in [-0.2, 0) is 0 Å². The zero-order chi connectivity index (χ0) is 9.14. The van der Waals surface area contributed by atoms with Crippen LogP contribution in [0.25, 0.3) is 0 Å². The van der Waals surface area contributed by atoms with Crippen molar-refractivity contribution in [3.05, 3.63) is 34.3 Å². The highest BCUT2D eigenvalue weighted by molar-refractivity contribution is 5.17. The van der Waals surface area contributed by atoms with Crippen LogP contribution in [0.5, 0.6) is 0 Å². The Morgan fingerprint density at radius 2 is 2.08 bits per heavy atom. The minimum Gasteiger partial charge on any atom is -0.634 e. The molecule has 0 bridgehead atoms. The smallest absolute Gasteiger partial charge is 0.127 e. The molecule has 3 atom stereocenters. The average molecular weight is 170 g/mol.